The third-order valence-electron chi connectivity index (χ3n) is 5.82. The lowest BCUT2D eigenvalue weighted by atomic mass is 9.83. The maximum atomic E-state index is 13.3. The second kappa shape index (κ2) is 8.53. The maximum Gasteiger partial charge on any atom is 0.242 e. The molecule has 2 fully saturated rings. The van der Waals surface area contributed by atoms with Gasteiger partial charge in [0.15, 0.2) is 0 Å². The van der Waals surface area contributed by atoms with Gasteiger partial charge in [-0.05, 0) is 31.9 Å². The zero-order valence-corrected chi connectivity index (χ0v) is 16.9. The summed E-state index contributed by atoms with van der Waals surface area (Å²) in [6, 6.07) is 17.0. The molecule has 4 atom stereocenters. The monoisotopic (exact) mass is 395 g/mol. The van der Waals surface area contributed by atoms with E-state index in [1.165, 1.54) is 0 Å². The first-order valence-corrected chi connectivity index (χ1v) is 10.3. The van der Waals surface area contributed by atoms with Crippen LogP contribution in [-0.4, -0.2) is 41.2 Å². The number of hydrogen-bond donors (Lipinski definition) is 3. The molecule has 0 radical (unpaired) electrons. The van der Waals surface area contributed by atoms with Crippen LogP contribution >= 0.6 is 0 Å². The van der Waals surface area contributed by atoms with Gasteiger partial charge in [-0.3, -0.25) is 4.79 Å². The molecule has 2 aromatic rings. The molecule has 0 aliphatic carbocycles. The number of benzene rings is 2. The number of ether oxygens (including phenoxy) is 1. The lowest BCUT2D eigenvalue weighted by Gasteiger charge is -2.31. The van der Waals surface area contributed by atoms with Crippen molar-refractivity contribution in [2.24, 2.45) is 5.92 Å². The number of fused-ring (bicyclic) bond motifs is 1. The van der Waals surface area contributed by atoms with Gasteiger partial charge in [0.25, 0.3) is 0 Å². The molecule has 0 aromatic heterocycles. The van der Waals surface area contributed by atoms with Crippen LogP contribution in [0.2, 0.25) is 0 Å². The largest absolute Gasteiger partial charge is 0.508 e. The van der Waals surface area contributed by atoms with E-state index in [-0.39, 0.29) is 41.8 Å². The van der Waals surface area contributed by atoms with Crippen LogP contribution in [0.3, 0.4) is 0 Å². The molecule has 0 saturated carbocycles. The van der Waals surface area contributed by atoms with Crippen molar-refractivity contribution in [2.45, 2.75) is 44.5 Å². The predicted molar refractivity (Wildman–Crippen MR) is 111 cm³/mol. The van der Waals surface area contributed by atoms with Gasteiger partial charge in [0.1, 0.15) is 11.8 Å². The fraction of sp³-hybridized carbons (Fsp3) is 0.435. The molecule has 2 heterocycles. The number of hydrogen-bond acceptors (Lipinski definition) is 5. The highest BCUT2D eigenvalue weighted by atomic mass is 16.5. The van der Waals surface area contributed by atoms with Gasteiger partial charge in [-0.25, -0.2) is 10.9 Å². The number of carbonyl (C=O) groups excluding carboxylic acids is 1. The minimum absolute atomic E-state index is 0.0239. The summed E-state index contributed by atoms with van der Waals surface area (Å²) in [6.07, 6.45) is 0.978. The van der Waals surface area contributed by atoms with Crippen LogP contribution in [0.15, 0.2) is 54.6 Å². The lowest BCUT2D eigenvalue weighted by Crippen LogP contribution is -2.41. The molecule has 29 heavy (non-hydrogen) atoms. The van der Waals surface area contributed by atoms with E-state index in [4.69, 9.17) is 4.74 Å². The first-order valence-electron chi connectivity index (χ1n) is 10.3. The third-order valence-corrected chi connectivity index (χ3v) is 5.82. The van der Waals surface area contributed by atoms with Crippen molar-refractivity contribution in [3.63, 3.8) is 0 Å². The van der Waals surface area contributed by atoms with Crippen molar-refractivity contribution in [1.82, 2.24) is 15.8 Å². The van der Waals surface area contributed by atoms with Gasteiger partial charge in [-0.2, -0.15) is 0 Å². The number of phenols is 1. The molecule has 1 amide bonds. The molecule has 154 valence electrons. The molecule has 0 bridgehead atoms. The fourth-order valence-corrected chi connectivity index (χ4v) is 4.57. The number of hydrazine groups is 1. The van der Waals surface area contributed by atoms with E-state index < -0.39 is 0 Å². The fourth-order valence-electron chi connectivity index (χ4n) is 4.57. The Hall–Kier alpha value is -2.41. The van der Waals surface area contributed by atoms with Crippen LogP contribution in [0.1, 0.15) is 43.5 Å². The number of likely N-dealkylation sites (tertiary alicyclic amines) is 1. The van der Waals surface area contributed by atoms with Crippen LogP contribution in [-0.2, 0) is 9.53 Å². The highest BCUT2D eigenvalue weighted by Crippen LogP contribution is 2.48. The number of phenolic OH excluding ortho intramolecular Hbond substituents is 1. The summed E-state index contributed by atoms with van der Waals surface area (Å²) in [5, 5.41) is 10.4. The molecule has 2 aliphatic rings. The van der Waals surface area contributed by atoms with Crippen molar-refractivity contribution in [2.75, 3.05) is 13.2 Å². The van der Waals surface area contributed by atoms with E-state index in [0.29, 0.717) is 13.2 Å². The third kappa shape index (κ3) is 3.88. The number of nitrogens with one attached hydrogen (secondary N) is 2. The highest BCUT2D eigenvalue weighted by Gasteiger charge is 2.55. The van der Waals surface area contributed by atoms with Gasteiger partial charge in [0.2, 0.25) is 5.91 Å². The Labute approximate surface area is 171 Å². The van der Waals surface area contributed by atoms with Crippen molar-refractivity contribution < 1.29 is 14.6 Å². The Bertz CT molecular complexity index is 842. The summed E-state index contributed by atoms with van der Waals surface area (Å²) >= 11 is 0. The van der Waals surface area contributed by atoms with Crippen molar-refractivity contribution in [1.29, 1.82) is 0 Å². The second-order valence-corrected chi connectivity index (χ2v) is 8.04. The zero-order valence-electron chi connectivity index (χ0n) is 16.9. The number of amides is 1. The Morgan fingerprint density at radius 1 is 1.03 bits per heavy atom. The summed E-state index contributed by atoms with van der Waals surface area (Å²) in [4.78, 5) is 15.3. The normalized spacial score (nSPS) is 26.3. The van der Waals surface area contributed by atoms with Crippen LogP contribution in [0.5, 0.6) is 5.75 Å². The number of rotatable bonds is 7. The van der Waals surface area contributed by atoms with Gasteiger partial charge in [0.05, 0.1) is 18.2 Å². The quantitative estimate of drug-likeness (QED) is 0.629. The Kier molecular flexibility index (Phi) is 5.85. The number of aromatic hydroxyl groups is 1. The molecule has 3 N–H and O–H groups in total. The first-order chi connectivity index (χ1) is 14.1. The smallest absolute Gasteiger partial charge is 0.242 e. The second-order valence-electron chi connectivity index (χ2n) is 8.04. The Morgan fingerprint density at radius 3 is 2.45 bits per heavy atom. The molecule has 2 aromatic carbocycles. The molecule has 4 unspecified atom stereocenters. The standard InChI is InChI=1S/C23H29N3O3/c1-15(2)29-14-8-13-26-22(16-9-4-3-5-10-16)19-20(24-25-21(19)23(26)28)17-11-6-7-12-18(17)27/h3-7,9-12,15,19-22,24-25,27H,8,13-14H2,1-2H3. The minimum Gasteiger partial charge on any atom is -0.508 e. The average Bonchev–Trinajstić information content (AvgIpc) is 3.25. The number of carbonyl (C=O) groups is 1. The molecule has 0 spiro atoms. The van der Waals surface area contributed by atoms with Gasteiger partial charge < -0.3 is 14.7 Å². The topological polar surface area (TPSA) is 73.8 Å². The van der Waals surface area contributed by atoms with E-state index >= 15 is 0 Å². The molecular weight excluding hydrogens is 366 g/mol. The first kappa shape index (κ1) is 19.9. The Balaban J connectivity index is 1.64. The summed E-state index contributed by atoms with van der Waals surface area (Å²) in [6.45, 7) is 5.32. The van der Waals surface area contributed by atoms with Crippen LogP contribution < -0.4 is 10.9 Å². The van der Waals surface area contributed by atoms with Crippen LogP contribution in [0, 0.1) is 5.92 Å². The SMILES string of the molecule is CC(C)OCCCN1C(=O)C2NNC(c3ccccc3O)C2C1c1ccccc1. The summed E-state index contributed by atoms with van der Waals surface area (Å²) in [5.41, 5.74) is 8.39. The van der Waals surface area contributed by atoms with Crippen LogP contribution in [0.25, 0.3) is 0 Å². The van der Waals surface area contributed by atoms with Crippen molar-refractivity contribution >= 4 is 5.91 Å². The molecular formula is C23H29N3O3. The van der Waals surface area contributed by atoms with Gasteiger partial charge in [0, 0.05) is 24.6 Å². The molecule has 4 rings (SSSR count). The highest BCUT2D eigenvalue weighted by molar-refractivity contribution is 5.86. The Morgan fingerprint density at radius 2 is 1.72 bits per heavy atom. The minimum atomic E-state index is -0.323. The zero-order chi connectivity index (χ0) is 20.4. The average molecular weight is 396 g/mol. The van der Waals surface area contributed by atoms with Gasteiger partial charge in [-0.15, -0.1) is 0 Å². The predicted octanol–water partition coefficient (Wildman–Crippen LogP) is 2.92. The van der Waals surface area contributed by atoms with E-state index in [1.807, 2.05) is 55.1 Å². The van der Waals surface area contributed by atoms with E-state index in [1.54, 1.807) is 6.07 Å². The lowest BCUT2D eigenvalue weighted by molar-refractivity contribution is -0.131. The van der Waals surface area contributed by atoms with E-state index in [9.17, 15) is 9.90 Å². The van der Waals surface area contributed by atoms with E-state index in [2.05, 4.69) is 23.0 Å². The van der Waals surface area contributed by atoms with Gasteiger partial charge in [-0.1, -0.05) is 48.5 Å². The van der Waals surface area contributed by atoms with Crippen molar-refractivity contribution in [3.05, 3.63) is 65.7 Å². The molecule has 2 saturated heterocycles. The van der Waals surface area contributed by atoms with Crippen molar-refractivity contribution in [3.8, 4) is 5.75 Å². The summed E-state index contributed by atoms with van der Waals surface area (Å²) in [7, 11) is 0. The number of para-hydroxylation sites is 1. The van der Waals surface area contributed by atoms with Crippen LogP contribution in [0.4, 0.5) is 0 Å². The maximum absolute atomic E-state index is 13.3. The summed E-state index contributed by atoms with van der Waals surface area (Å²) < 4.78 is 5.68. The molecule has 6 nitrogen and oxygen atoms in total. The number of nitrogens with zero attached hydrogens (tertiary/aromatic N) is 1. The van der Waals surface area contributed by atoms with Gasteiger partial charge >= 0.3 is 0 Å². The summed E-state index contributed by atoms with van der Waals surface area (Å²) in [5.74, 6) is 0.318. The van der Waals surface area contributed by atoms with E-state index in [0.717, 1.165) is 17.5 Å². The molecule has 2 aliphatic heterocycles. The molecule has 6 heteroatoms.